The average molecular weight is 149 g/mol. The summed E-state index contributed by atoms with van der Waals surface area (Å²) in [5.41, 5.74) is -0.170. The van der Waals surface area contributed by atoms with Crippen LogP contribution in [0.2, 0.25) is 0 Å². The van der Waals surface area contributed by atoms with E-state index in [1.165, 1.54) is 19.3 Å². The predicted molar refractivity (Wildman–Crippen MR) is 45.9 cm³/mol. The summed E-state index contributed by atoms with van der Waals surface area (Å²) < 4.78 is 0. The van der Waals surface area contributed by atoms with Crippen molar-refractivity contribution in [3.05, 3.63) is 12.2 Å². The zero-order chi connectivity index (χ0) is 8.32. The molecule has 11 heavy (non-hydrogen) atoms. The lowest BCUT2D eigenvalue weighted by atomic mass is 9.75. The van der Waals surface area contributed by atoms with Crippen molar-refractivity contribution in [1.29, 1.82) is 5.26 Å². The summed E-state index contributed by atoms with van der Waals surface area (Å²) in [5.74, 6) is 0.473. The monoisotopic (exact) mass is 149 g/mol. The highest BCUT2D eigenvalue weighted by atomic mass is 14.4. The van der Waals surface area contributed by atoms with Gasteiger partial charge in [0.25, 0.3) is 0 Å². The van der Waals surface area contributed by atoms with Gasteiger partial charge in [0.2, 0.25) is 0 Å². The third-order valence-electron chi connectivity index (χ3n) is 2.47. The Morgan fingerprint density at radius 1 is 1.55 bits per heavy atom. The van der Waals surface area contributed by atoms with E-state index < -0.39 is 0 Å². The third kappa shape index (κ3) is 1.83. The molecule has 0 unspecified atom stereocenters. The first-order chi connectivity index (χ1) is 5.17. The first-order valence-corrected chi connectivity index (χ1v) is 4.25. The molecule has 1 nitrogen and oxygen atoms in total. The van der Waals surface area contributed by atoms with E-state index in [9.17, 15) is 0 Å². The van der Waals surface area contributed by atoms with E-state index in [4.69, 9.17) is 5.26 Å². The quantitative estimate of drug-likeness (QED) is 0.526. The Kier molecular flexibility index (Phi) is 2.34. The number of nitriles is 1. The van der Waals surface area contributed by atoms with Crippen molar-refractivity contribution < 1.29 is 0 Å². The van der Waals surface area contributed by atoms with Crippen molar-refractivity contribution in [2.75, 3.05) is 0 Å². The second kappa shape index (κ2) is 3.09. The maximum absolute atomic E-state index is 8.86. The number of nitrogens with zero attached hydrogens (tertiary/aromatic N) is 1. The Hall–Kier alpha value is -0.770. The topological polar surface area (TPSA) is 23.8 Å². The van der Waals surface area contributed by atoms with Gasteiger partial charge in [0.05, 0.1) is 11.5 Å². The zero-order valence-electron chi connectivity index (χ0n) is 7.30. The molecule has 60 valence electrons. The molecule has 0 aliphatic heterocycles. The van der Waals surface area contributed by atoms with Crippen LogP contribution >= 0.6 is 0 Å². The van der Waals surface area contributed by atoms with Crippen molar-refractivity contribution in [2.45, 2.75) is 33.1 Å². The maximum atomic E-state index is 8.86. The molecule has 0 aromatic carbocycles. The van der Waals surface area contributed by atoms with Crippen molar-refractivity contribution in [2.24, 2.45) is 11.3 Å². The van der Waals surface area contributed by atoms with Crippen molar-refractivity contribution in [3.8, 4) is 6.07 Å². The minimum atomic E-state index is -0.170. The third-order valence-corrected chi connectivity index (χ3v) is 2.47. The molecule has 0 spiro atoms. The van der Waals surface area contributed by atoms with Gasteiger partial charge in [-0.15, -0.1) is 0 Å². The van der Waals surface area contributed by atoms with Crippen molar-refractivity contribution >= 4 is 0 Å². The number of allylic oxidation sites excluding steroid dienone is 2. The normalized spacial score (nSPS) is 24.6. The largest absolute Gasteiger partial charge is 0.198 e. The summed E-state index contributed by atoms with van der Waals surface area (Å²) >= 11 is 0. The van der Waals surface area contributed by atoms with Gasteiger partial charge < -0.3 is 0 Å². The van der Waals surface area contributed by atoms with Gasteiger partial charge in [-0.3, -0.25) is 0 Å². The first-order valence-electron chi connectivity index (χ1n) is 4.25. The van der Waals surface area contributed by atoms with Crippen molar-refractivity contribution in [1.82, 2.24) is 0 Å². The number of hydrogen-bond donors (Lipinski definition) is 0. The van der Waals surface area contributed by atoms with Crippen LogP contribution < -0.4 is 0 Å². The van der Waals surface area contributed by atoms with Gasteiger partial charge >= 0.3 is 0 Å². The van der Waals surface area contributed by atoms with E-state index in [1.54, 1.807) is 0 Å². The average Bonchev–Trinajstić information content (AvgIpc) is 2.06. The molecule has 0 radical (unpaired) electrons. The second-order valence-corrected chi connectivity index (χ2v) is 3.80. The Morgan fingerprint density at radius 3 is 2.73 bits per heavy atom. The van der Waals surface area contributed by atoms with E-state index in [0.717, 1.165) is 0 Å². The smallest absolute Gasteiger partial charge is 0.0690 e. The van der Waals surface area contributed by atoms with Gasteiger partial charge in [-0.05, 0) is 39.0 Å². The first kappa shape index (κ1) is 8.33. The Labute approximate surface area is 68.7 Å². The molecular weight excluding hydrogens is 134 g/mol. The van der Waals surface area contributed by atoms with Crippen LogP contribution in [0.25, 0.3) is 0 Å². The molecule has 1 aliphatic carbocycles. The van der Waals surface area contributed by atoms with Crippen molar-refractivity contribution in [3.63, 3.8) is 0 Å². The van der Waals surface area contributed by atoms with Gasteiger partial charge in [0.15, 0.2) is 0 Å². The lowest BCUT2D eigenvalue weighted by Gasteiger charge is -2.27. The summed E-state index contributed by atoms with van der Waals surface area (Å²) in [5, 5.41) is 8.86. The van der Waals surface area contributed by atoms with E-state index in [2.05, 4.69) is 18.2 Å². The van der Waals surface area contributed by atoms with Gasteiger partial charge in [0, 0.05) is 0 Å². The lowest BCUT2D eigenvalue weighted by Crippen LogP contribution is -2.21. The highest BCUT2D eigenvalue weighted by molar-refractivity contribution is 5.06. The van der Waals surface area contributed by atoms with E-state index in [0.29, 0.717) is 5.92 Å². The van der Waals surface area contributed by atoms with Gasteiger partial charge in [-0.1, -0.05) is 12.2 Å². The van der Waals surface area contributed by atoms with Crippen LogP contribution in [0.4, 0.5) is 0 Å². The van der Waals surface area contributed by atoms with Gasteiger partial charge in [-0.2, -0.15) is 5.26 Å². The fourth-order valence-electron chi connectivity index (χ4n) is 1.50. The Balaban J connectivity index is 2.67. The summed E-state index contributed by atoms with van der Waals surface area (Å²) in [6.45, 7) is 4.04. The molecule has 1 heteroatoms. The van der Waals surface area contributed by atoms with E-state index in [1.807, 2.05) is 13.8 Å². The molecule has 0 N–H and O–H groups in total. The molecular formula is C10H15N. The van der Waals surface area contributed by atoms with Crippen LogP contribution in [0.3, 0.4) is 0 Å². The van der Waals surface area contributed by atoms with Gasteiger partial charge in [-0.25, -0.2) is 0 Å². The van der Waals surface area contributed by atoms with Crippen LogP contribution in [-0.4, -0.2) is 0 Å². The zero-order valence-corrected chi connectivity index (χ0v) is 7.30. The van der Waals surface area contributed by atoms with Gasteiger partial charge in [0.1, 0.15) is 0 Å². The molecule has 0 heterocycles. The van der Waals surface area contributed by atoms with E-state index in [-0.39, 0.29) is 5.41 Å². The summed E-state index contributed by atoms with van der Waals surface area (Å²) in [6, 6.07) is 2.36. The minimum Gasteiger partial charge on any atom is -0.198 e. The second-order valence-electron chi connectivity index (χ2n) is 3.80. The fraction of sp³-hybridized carbons (Fsp3) is 0.700. The molecule has 1 aliphatic rings. The van der Waals surface area contributed by atoms with Crippen LogP contribution in [-0.2, 0) is 0 Å². The molecule has 1 atom stereocenters. The molecule has 0 fully saturated rings. The lowest BCUT2D eigenvalue weighted by molar-refractivity contribution is 0.321. The Bertz CT molecular complexity index is 195. The molecule has 0 saturated carbocycles. The van der Waals surface area contributed by atoms with E-state index >= 15 is 0 Å². The molecule has 0 bridgehead atoms. The molecule has 0 saturated heterocycles. The molecule has 0 aromatic heterocycles. The predicted octanol–water partition coefficient (Wildman–Crippen LogP) is 2.89. The minimum absolute atomic E-state index is 0.170. The standard InChI is InChI=1S/C10H15N/c1-10(2,8-11)9-6-4-3-5-7-9/h4,6,9H,3,5,7H2,1-2H3/t9-/m1/s1. The molecule has 0 aromatic rings. The highest BCUT2D eigenvalue weighted by Gasteiger charge is 2.27. The fourth-order valence-corrected chi connectivity index (χ4v) is 1.50. The SMILES string of the molecule is CC(C)(C#N)[C@@H]1C=CCCC1. The summed E-state index contributed by atoms with van der Waals surface area (Å²) in [6.07, 6.45) is 8.02. The summed E-state index contributed by atoms with van der Waals surface area (Å²) in [7, 11) is 0. The van der Waals surface area contributed by atoms with Crippen LogP contribution in [0.15, 0.2) is 12.2 Å². The number of hydrogen-bond acceptors (Lipinski definition) is 1. The summed E-state index contributed by atoms with van der Waals surface area (Å²) in [4.78, 5) is 0. The Morgan fingerprint density at radius 2 is 2.27 bits per heavy atom. The van der Waals surface area contributed by atoms with Crippen LogP contribution in [0.1, 0.15) is 33.1 Å². The van der Waals surface area contributed by atoms with Crippen LogP contribution in [0.5, 0.6) is 0 Å². The molecule has 1 rings (SSSR count). The van der Waals surface area contributed by atoms with Crippen LogP contribution in [0, 0.1) is 22.7 Å². The number of rotatable bonds is 1. The highest BCUT2D eigenvalue weighted by Crippen LogP contribution is 2.33. The molecule has 0 amide bonds. The maximum Gasteiger partial charge on any atom is 0.0690 e.